The predicted molar refractivity (Wildman–Crippen MR) is 39.6 cm³/mol. The number of halogens is 1. The minimum absolute atomic E-state index is 0.863. The number of nitrogens with two attached hydrogens (primary N) is 1. The fourth-order valence-electron chi connectivity index (χ4n) is 0.847. The highest BCUT2D eigenvalue weighted by Gasteiger charge is 2.24. The maximum atomic E-state index is 5.39. The van der Waals surface area contributed by atoms with Crippen LogP contribution in [0.15, 0.2) is 0 Å². The molecule has 0 atom stereocenters. The Balaban J connectivity index is 2.06. The Labute approximate surface area is 57.8 Å². The summed E-state index contributed by atoms with van der Waals surface area (Å²) in [6, 6.07) is 0. The van der Waals surface area contributed by atoms with Crippen LogP contribution in [0.5, 0.6) is 0 Å². The molecule has 0 saturated heterocycles. The van der Waals surface area contributed by atoms with Crippen molar-refractivity contribution in [3.8, 4) is 0 Å². The Bertz CT molecular complexity index is 59.1. The molecular weight excluding hydrogens is 201 g/mol. The van der Waals surface area contributed by atoms with Gasteiger partial charge in [-0.25, -0.2) is 0 Å². The van der Waals surface area contributed by atoms with Gasteiger partial charge in [-0.15, -0.1) is 0 Å². The lowest BCUT2D eigenvalue weighted by molar-refractivity contribution is 0.350. The van der Waals surface area contributed by atoms with Crippen LogP contribution in [0.1, 0.15) is 12.8 Å². The van der Waals surface area contributed by atoms with Crippen molar-refractivity contribution in [1.82, 2.24) is 0 Å². The molecule has 1 aliphatic carbocycles. The number of alkyl halides is 1. The van der Waals surface area contributed by atoms with Gasteiger partial charge in [-0.3, -0.25) is 0 Å². The highest BCUT2D eigenvalue weighted by atomic mass is 127. The van der Waals surface area contributed by atoms with E-state index in [9.17, 15) is 0 Å². The Kier molecular flexibility index (Phi) is 1.92. The van der Waals surface area contributed by atoms with Crippen LogP contribution in [0.3, 0.4) is 0 Å². The fraction of sp³-hybridized carbons (Fsp3) is 1.00. The average molecular weight is 211 g/mol. The van der Waals surface area contributed by atoms with Crippen molar-refractivity contribution in [3.63, 3.8) is 0 Å². The molecule has 1 fully saturated rings. The molecule has 2 N–H and O–H groups in total. The van der Waals surface area contributed by atoms with Gasteiger partial charge >= 0.3 is 0 Å². The topological polar surface area (TPSA) is 26.0 Å². The standard InChI is InChI=1S/C5H10IN/c6-5-1-4(2-5)3-7/h4-5H,1-3,7H2. The molecule has 42 valence electrons. The first kappa shape index (κ1) is 5.82. The van der Waals surface area contributed by atoms with E-state index >= 15 is 0 Å². The van der Waals surface area contributed by atoms with Crippen molar-refractivity contribution >= 4 is 22.6 Å². The van der Waals surface area contributed by atoms with Crippen molar-refractivity contribution in [1.29, 1.82) is 0 Å². The van der Waals surface area contributed by atoms with Crippen molar-refractivity contribution in [2.75, 3.05) is 6.54 Å². The Hall–Kier alpha value is 0.690. The number of hydrogen-bond acceptors (Lipinski definition) is 1. The molecule has 0 amide bonds. The van der Waals surface area contributed by atoms with E-state index in [1.165, 1.54) is 12.8 Å². The van der Waals surface area contributed by atoms with Gasteiger partial charge in [0.25, 0.3) is 0 Å². The lowest BCUT2D eigenvalue weighted by atomic mass is 9.86. The molecule has 0 aromatic carbocycles. The molecule has 0 radical (unpaired) electrons. The zero-order valence-electron chi connectivity index (χ0n) is 4.23. The van der Waals surface area contributed by atoms with E-state index in [0.29, 0.717) is 0 Å². The predicted octanol–water partition coefficient (Wildman–Crippen LogP) is 1.16. The fourth-order valence-corrected chi connectivity index (χ4v) is 2.29. The third-order valence-electron chi connectivity index (χ3n) is 1.51. The molecule has 7 heavy (non-hydrogen) atoms. The largest absolute Gasteiger partial charge is 0.330 e. The molecule has 0 aromatic rings. The summed E-state index contributed by atoms with van der Waals surface area (Å²) in [6.45, 7) is 0.902. The van der Waals surface area contributed by atoms with Crippen LogP contribution in [0.4, 0.5) is 0 Å². The van der Waals surface area contributed by atoms with Gasteiger partial charge in [0.1, 0.15) is 0 Å². The van der Waals surface area contributed by atoms with E-state index < -0.39 is 0 Å². The summed E-state index contributed by atoms with van der Waals surface area (Å²) < 4.78 is 0.936. The van der Waals surface area contributed by atoms with Gasteiger partial charge in [-0.1, -0.05) is 22.6 Å². The summed E-state index contributed by atoms with van der Waals surface area (Å²) in [5.74, 6) is 0.863. The number of rotatable bonds is 1. The van der Waals surface area contributed by atoms with Crippen LogP contribution in [-0.4, -0.2) is 10.5 Å². The lowest BCUT2D eigenvalue weighted by Gasteiger charge is -2.29. The van der Waals surface area contributed by atoms with Crippen LogP contribution in [-0.2, 0) is 0 Å². The van der Waals surface area contributed by atoms with Crippen LogP contribution in [0.25, 0.3) is 0 Å². The molecule has 1 saturated carbocycles. The quantitative estimate of drug-likeness (QED) is 0.511. The van der Waals surface area contributed by atoms with Crippen molar-refractivity contribution in [3.05, 3.63) is 0 Å². The van der Waals surface area contributed by atoms with E-state index in [1.54, 1.807) is 0 Å². The summed E-state index contributed by atoms with van der Waals surface area (Å²) >= 11 is 2.48. The highest BCUT2D eigenvalue weighted by Crippen LogP contribution is 2.32. The monoisotopic (exact) mass is 211 g/mol. The first-order chi connectivity index (χ1) is 3.33. The average Bonchev–Trinajstić information content (AvgIpc) is 1.58. The van der Waals surface area contributed by atoms with E-state index in [4.69, 9.17) is 5.73 Å². The molecule has 0 aromatic heterocycles. The summed E-state index contributed by atoms with van der Waals surface area (Å²) in [6.07, 6.45) is 2.72. The van der Waals surface area contributed by atoms with Gasteiger partial charge in [0.2, 0.25) is 0 Å². The van der Waals surface area contributed by atoms with Gasteiger partial charge in [0.15, 0.2) is 0 Å². The first-order valence-electron chi connectivity index (χ1n) is 2.67. The normalized spacial score (nSPS) is 40.3. The van der Waals surface area contributed by atoms with Gasteiger partial charge in [-0.2, -0.15) is 0 Å². The third-order valence-corrected chi connectivity index (χ3v) is 2.53. The van der Waals surface area contributed by atoms with Gasteiger partial charge < -0.3 is 5.73 Å². The minimum Gasteiger partial charge on any atom is -0.330 e. The smallest absolute Gasteiger partial charge is 0.0116 e. The van der Waals surface area contributed by atoms with E-state index in [1.807, 2.05) is 0 Å². The molecule has 1 nitrogen and oxygen atoms in total. The van der Waals surface area contributed by atoms with Gasteiger partial charge in [0, 0.05) is 3.92 Å². The van der Waals surface area contributed by atoms with Crippen molar-refractivity contribution in [2.45, 2.75) is 16.8 Å². The molecular formula is C5H10IN. The first-order valence-corrected chi connectivity index (χ1v) is 3.91. The molecule has 1 rings (SSSR count). The van der Waals surface area contributed by atoms with Gasteiger partial charge in [-0.05, 0) is 25.3 Å². The molecule has 1 aliphatic rings. The van der Waals surface area contributed by atoms with Crippen LogP contribution in [0, 0.1) is 5.92 Å². The Morgan fingerprint density at radius 3 is 2.29 bits per heavy atom. The zero-order chi connectivity index (χ0) is 5.28. The molecule has 0 aliphatic heterocycles. The molecule has 2 heteroatoms. The van der Waals surface area contributed by atoms with Crippen LogP contribution in [0.2, 0.25) is 0 Å². The van der Waals surface area contributed by atoms with Crippen LogP contribution >= 0.6 is 22.6 Å². The molecule has 0 bridgehead atoms. The summed E-state index contributed by atoms with van der Waals surface area (Å²) in [5, 5.41) is 0. The second kappa shape index (κ2) is 2.31. The van der Waals surface area contributed by atoms with Crippen LogP contribution < -0.4 is 5.73 Å². The maximum Gasteiger partial charge on any atom is 0.0116 e. The van der Waals surface area contributed by atoms with E-state index in [2.05, 4.69) is 22.6 Å². The summed E-state index contributed by atoms with van der Waals surface area (Å²) in [5.41, 5.74) is 5.39. The van der Waals surface area contributed by atoms with Crippen molar-refractivity contribution < 1.29 is 0 Å². The minimum atomic E-state index is 0.863. The van der Waals surface area contributed by atoms with E-state index in [-0.39, 0.29) is 0 Å². The van der Waals surface area contributed by atoms with E-state index in [0.717, 1.165) is 16.4 Å². The molecule has 0 spiro atoms. The zero-order valence-corrected chi connectivity index (χ0v) is 6.39. The summed E-state index contributed by atoms with van der Waals surface area (Å²) in [7, 11) is 0. The SMILES string of the molecule is NCC1CC(I)C1. The summed E-state index contributed by atoms with van der Waals surface area (Å²) in [4.78, 5) is 0. The molecule has 0 heterocycles. The second-order valence-corrected chi connectivity index (χ2v) is 3.93. The van der Waals surface area contributed by atoms with Gasteiger partial charge in [0.05, 0.1) is 0 Å². The highest BCUT2D eigenvalue weighted by molar-refractivity contribution is 14.1. The maximum absolute atomic E-state index is 5.39. The lowest BCUT2D eigenvalue weighted by Crippen LogP contribution is -2.29. The third kappa shape index (κ3) is 1.29. The number of hydrogen-bond donors (Lipinski definition) is 1. The Morgan fingerprint density at radius 1 is 1.57 bits per heavy atom. The van der Waals surface area contributed by atoms with Crippen molar-refractivity contribution in [2.24, 2.45) is 11.7 Å². The Morgan fingerprint density at radius 2 is 2.14 bits per heavy atom. The molecule has 0 unspecified atom stereocenters. The second-order valence-electron chi connectivity index (χ2n) is 2.17.